The average molecular weight is 448 g/mol. The summed E-state index contributed by atoms with van der Waals surface area (Å²) in [4.78, 5) is 15.0. The third-order valence-electron chi connectivity index (χ3n) is 6.31. The van der Waals surface area contributed by atoms with Crippen molar-refractivity contribution in [2.24, 2.45) is 5.92 Å². The molecule has 5 heteroatoms. The maximum atomic E-state index is 13.1. The van der Waals surface area contributed by atoms with Gasteiger partial charge in [0.25, 0.3) is 0 Å². The second-order valence-corrected chi connectivity index (χ2v) is 8.43. The fourth-order valence-corrected chi connectivity index (χ4v) is 4.34. The van der Waals surface area contributed by atoms with Crippen LogP contribution in [0.5, 0.6) is 5.75 Å². The van der Waals surface area contributed by atoms with Crippen molar-refractivity contribution in [3.05, 3.63) is 89.7 Å². The minimum absolute atomic E-state index is 0.0176. The Hall–Kier alpha value is -3.02. The van der Waals surface area contributed by atoms with Crippen LogP contribution in [-0.4, -0.2) is 44.0 Å². The Kier molecular flexibility index (Phi) is 7.87. The van der Waals surface area contributed by atoms with Gasteiger partial charge in [-0.25, -0.2) is 4.39 Å². The van der Waals surface area contributed by atoms with Gasteiger partial charge >= 0.3 is 0 Å². The fourth-order valence-electron chi connectivity index (χ4n) is 4.34. The van der Waals surface area contributed by atoms with Gasteiger partial charge in [0, 0.05) is 18.0 Å². The molecule has 33 heavy (non-hydrogen) atoms. The molecule has 0 saturated carbocycles. The summed E-state index contributed by atoms with van der Waals surface area (Å²) in [5, 5.41) is 0. The first-order valence-corrected chi connectivity index (χ1v) is 11.5. The zero-order valence-corrected chi connectivity index (χ0v) is 19.0. The predicted molar refractivity (Wildman–Crippen MR) is 128 cm³/mol. The highest BCUT2D eigenvalue weighted by Gasteiger charge is 2.25. The number of rotatable bonds is 9. The van der Waals surface area contributed by atoms with Gasteiger partial charge in [-0.2, -0.15) is 0 Å². The van der Waals surface area contributed by atoms with Crippen molar-refractivity contribution in [2.45, 2.75) is 19.4 Å². The van der Waals surface area contributed by atoms with Crippen LogP contribution in [0, 0.1) is 11.7 Å². The average Bonchev–Trinajstić information content (AvgIpc) is 2.87. The molecule has 1 aliphatic heterocycles. The van der Waals surface area contributed by atoms with E-state index < -0.39 is 0 Å². The molecule has 4 nitrogen and oxygen atoms in total. The highest BCUT2D eigenvalue weighted by atomic mass is 19.1. The summed E-state index contributed by atoms with van der Waals surface area (Å²) in [5.41, 5.74) is 4.07. The van der Waals surface area contributed by atoms with Crippen molar-refractivity contribution in [2.75, 3.05) is 33.4 Å². The minimum Gasteiger partial charge on any atom is -0.497 e. The van der Waals surface area contributed by atoms with Gasteiger partial charge in [0.1, 0.15) is 11.6 Å². The molecule has 1 fully saturated rings. The Labute approximate surface area is 195 Å². The second-order valence-electron chi connectivity index (χ2n) is 8.43. The zero-order chi connectivity index (χ0) is 23.0. The molecule has 0 bridgehead atoms. The smallest absolute Gasteiger partial charge is 0.166 e. The van der Waals surface area contributed by atoms with Crippen molar-refractivity contribution in [1.29, 1.82) is 0 Å². The molecule has 0 unspecified atom stereocenters. The number of carbonyl (C=O) groups is 1. The number of ether oxygens (including phenoxy) is 2. The lowest BCUT2D eigenvalue weighted by Crippen LogP contribution is -2.38. The van der Waals surface area contributed by atoms with E-state index in [2.05, 4.69) is 29.2 Å². The van der Waals surface area contributed by atoms with Crippen LogP contribution in [0.2, 0.25) is 0 Å². The highest BCUT2D eigenvalue weighted by Crippen LogP contribution is 2.26. The Morgan fingerprint density at radius 3 is 2.36 bits per heavy atom. The largest absolute Gasteiger partial charge is 0.497 e. The lowest BCUT2D eigenvalue weighted by Gasteiger charge is -2.31. The molecule has 0 N–H and O–H groups in total. The molecule has 0 amide bonds. The highest BCUT2D eigenvalue weighted by molar-refractivity contribution is 5.97. The van der Waals surface area contributed by atoms with Crippen molar-refractivity contribution in [3.63, 3.8) is 0 Å². The number of likely N-dealkylation sites (tertiary alicyclic amines) is 1. The number of nitrogens with zero attached hydrogens (tertiary/aromatic N) is 1. The maximum absolute atomic E-state index is 13.1. The SMILES string of the molecule is COc1ccc(-c2ccccc2COCCN2CCC(C(=O)c3ccc(F)cc3)CC2)cc1. The monoisotopic (exact) mass is 447 g/mol. The van der Waals surface area contributed by atoms with E-state index in [9.17, 15) is 9.18 Å². The van der Waals surface area contributed by atoms with E-state index in [1.54, 1.807) is 19.2 Å². The van der Waals surface area contributed by atoms with E-state index >= 15 is 0 Å². The number of carbonyl (C=O) groups excluding carboxylic acids is 1. The van der Waals surface area contributed by atoms with Gasteiger partial charge in [0.05, 0.1) is 20.3 Å². The van der Waals surface area contributed by atoms with Crippen LogP contribution in [-0.2, 0) is 11.3 Å². The maximum Gasteiger partial charge on any atom is 0.166 e. The van der Waals surface area contributed by atoms with Crippen LogP contribution < -0.4 is 4.74 Å². The van der Waals surface area contributed by atoms with Crippen molar-refractivity contribution >= 4 is 5.78 Å². The number of hydrogen-bond donors (Lipinski definition) is 0. The van der Waals surface area contributed by atoms with E-state index in [1.165, 1.54) is 17.7 Å². The number of methoxy groups -OCH3 is 1. The topological polar surface area (TPSA) is 38.8 Å². The molecule has 3 aromatic rings. The lowest BCUT2D eigenvalue weighted by atomic mass is 9.89. The third-order valence-corrected chi connectivity index (χ3v) is 6.31. The van der Waals surface area contributed by atoms with E-state index in [-0.39, 0.29) is 17.5 Å². The second kappa shape index (κ2) is 11.2. The van der Waals surface area contributed by atoms with Gasteiger partial charge in [-0.05, 0) is 79.0 Å². The first-order chi connectivity index (χ1) is 16.1. The van der Waals surface area contributed by atoms with E-state index in [0.29, 0.717) is 18.8 Å². The van der Waals surface area contributed by atoms with Crippen molar-refractivity contribution in [3.8, 4) is 16.9 Å². The Morgan fingerprint density at radius 2 is 1.67 bits per heavy atom. The summed E-state index contributed by atoms with van der Waals surface area (Å²) in [6, 6.07) is 22.2. The van der Waals surface area contributed by atoms with Crippen LogP contribution in [0.1, 0.15) is 28.8 Å². The molecule has 0 spiro atoms. The summed E-state index contributed by atoms with van der Waals surface area (Å²) < 4.78 is 24.4. The molecule has 0 atom stereocenters. The third kappa shape index (κ3) is 6.06. The van der Waals surface area contributed by atoms with E-state index in [4.69, 9.17) is 9.47 Å². The van der Waals surface area contributed by atoms with Gasteiger partial charge in [-0.3, -0.25) is 4.79 Å². The van der Waals surface area contributed by atoms with Crippen LogP contribution in [0.15, 0.2) is 72.8 Å². The first-order valence-electron chi connectivity index (χ1n) is 11.5. The number of piperidine rings is 1. The normalized spacial score (nSPS) is 14.8. The Morgan fingerprint density at radius 1 is 0.970 bits per heavy atom. The van der Waals surface area contributed by atoms with E-state index in [0.717, 1.165) is 49.4 Å². The van der Waals surface area contributed by atoms with Crippen LogP contribution in [0.25, 0.3) is 11.1 Å². The molecule has 172 valence electrons. The quantitative estimate of drug-likeness (QED) is 0.316. The van der Waals surface area contributed by atoms with Crippen LogP contribution in [0.3, 0.4) is 0 Å². The molecule has 0 aromatic heterocycles. The minimum atomic E-state index is -0.312. The number of halogens is 1. The number of hydrogen-bond acceptors (Lipinski definition) is 4. The predicted octanol–water partition coefficient (Wildman–Crippen LogP) is 5.61. The van der Waals surface area contributed by atoms with Gasteiger partial charge in [-0.1, -0.05) is 36.4 Å². The molecule has 0 aliphatic carbocycles. The molecule has 1 saturated heterocycles. The van der Waals surface area contributed by atoms with Crippen LogP contribution in [0.4, 0.5) is 4.39 Å². The van der Waals surface area contributed by atoms with Gasteiger partial charge in [-0.15, -0.1) is 0 Å². The summed E-state index contributed by atoms with van der Waals surface area (Å²) in [6.07, 6.45) is 1.66. The summed E-state index contributed by atoms with van der Waals surface area (Å²) >= 11 is 0. The summed E-state index contributed by atoms with van der Waals surface area (Å²) in [5.74, 6) is 0.675. The molecular weight excluding hydrogens is 417 g/mol. The fraction of sp³-hybridized carbons (Fsp3) is 0.321. The standard InChI is InChI=1S/C28H30FNO3/c1-32-26-12-8-21(9-13-26)27-5-3-2-4-24(27)20-33-19-18-30-16-14-23(15-17-30)28(31)22-6-10-25(29)11-7-22/h2-13,23H,14-20H2,1H3. The molecule has 3 aromatic carbocycles. The summed E-state index contributed by atoms with van der Waals surface area (Å²) in [6.45, 7) is 3.81. The molecule has 0 radical (unpaired) electrons. The lowest BCUT2D eigenvalue weighted by molar-refractivity contribution is 0.0702. The zero-order valence-electron chi connectivity index (χ0n) is 19.0. The van der Waals surface area contributed by atoms with Gasteiger partial charge in [0.2, 0.25) is 0 Å². The Bertz CT molecular complexity index is 1040. The molecular formula is C28H30FNO3. The number of Topliss-reactive ketones (excluding diaryl/α,β-unsaturated/α-hetero) is 1. The Balaban J connectivity index is 1.23. The molecule has 1 heterocycles. The van der Waals surface area contributed by atoms with E-state index in [1.807, 2.05) is 24.3 Å². The first kappa shape index (κ1) is 23.1. The number of ketones is 1. The molecule has 4 rings (SSSR count). The van der Waals surface area contributed by atoms with Crippen molar-refractivity contribution < 1.29 is 18.7 Å². The van der Waals surface area contributed by atoms with Gasteiger partial charge in [0.15, 0.2) is 5.78 Å². The summed E-state index contributed by atoms with van der Waals surface area (Å²) in [7, 11) is 1.67. The van der Waals surface area contributed by atoms with Crippen LogP contribution >= 0.6 is 0 Å². The number of benzene rings is 3. The molecule has 1 aliphatic rings. The van der Waals surface area contributed by atoms with Crippen molar-refractivity contribution in [1.82, 2.24) is 4.90 Å². The van der Waals surface area contributed by atoms with Gasteiger partial charge < -0.3 is 14.4 Å².